The van der Waals surface area contributed by atoms with E-state index in [9.17, 15) is 4.79 Å². The minimum atomic E-state index is 0.0391. The SMILES string of the molecule is CCNC(=NCc1ccccc1OCCN(C)C)N1CCN(c2cnn(C)c2)C(=O)C1. The van der Waals surface area contributed by atoms with Crippen LogP contribution in [0, 0.1) is 0 Å². The van der Waals surface area contributed by atoms with Gasteiger partial charge in [0, 0.05) is 45.0 Å². The number of piperazine rings is 1. The zero-order chi connectivity index (χ0) is 22.2. The largest absolute Gasteiger partial charge is 0.492 e. The second kappa shape index (κ2) is 10.8. The Bertz CT molecular complexity index is 893. The number of aliphatic imine (C=N–C) groups is 1. The van der Waals surface area contributed by atoms with E-state index in [0.717, 1.165) is 36.0 Å². The molecule has 2 aromatic rings. The number of guanidine groups is 1. The van der Waals surface area contributed by atoms with E-state index >= 15 is 0 Å². The molecule has 0 spiro atoms. The van der Waals surface area contributed by atoms with Crippen LogP contribution < -0.4 is 15.0 Å². The molecule has 1 aliphatic heterocycles. The summed E-state index contributed by atoms with van der Waals surface area (Å²) in [5, 5.41) is 7.49. The molecular weight excluding hydrogens is 394 g/mol. The number of carbonyl (C=O) groups is 1. The first-order valence-corrected chi connectivity index (χ1v) is 10.7. The lowest BCUT2D eigenvalue weighted by molar-refractivity contribution is -0.120. The van der Waals surface area contributed by atoms with Crippen LogP contribution in [-0.2, 0) is 18.4 Å². The van der Waals surface area contributed by atoms with Gasteiger partial charge in [-0.2, -0.15) is 5.10 Å². The molecule has 9 heteroatoms. The van der Waals surface area contributed by atoms with Gasteiger partial charge in [0.2, 0.25) is 5.91 Å². The van der Waals surface area contributed by atoms with E-state index in [1.807, 2.05) is 63.4 Å². The molecule has 1 aromatic heterocycles. The summed E-state index contributed by atoms with van der Waals surface area (Å²) in [4.78, 5) is 23.4. The van der Waals surface area contributed by atoms with Crippen LogP contribution in [0.15, 0.2) is 41.7 Å². The third-order valence-corrected chi connectivity index (χ3v) is 5.03. The number of hydrogen-bond acceptors (Lipinski definition) is 5. The number of carbonyl (C=O) groups excluding carboxylic acids is 1. The Kier molecular flexibility index (Phi) is 7.88. The van der Waals surface area contributed by atoms with Gasteiger partial charge in [0.25, 0.3) is 0 Å². The topological polar surface area (TPSA) is 78.2 Å². The Morgan fingerprint density at radius 2 is 2.10 bits per heavy atom. The van der Waals surface area contributed by atoms with Crippen LogP contribution in [0.3, 0.4) is 0 Å². The summed E-state index contributed by atoms with van der Waals surface area (Å²) in [6.45, 7) is 6.30. The molecule has 168 valence electrons. The molecule has 0 aliphatic carbocycles. The normalized spacial score (nSPS) is 15.0. The molecule has 31 heavy (non-hydrogen) atoms. The lowest BCUT2D eigenvalue weighted by Gasteiger charge is -2.35. The molecule has 1 N–H and O–H groups in total. The number of nitrogens with zero attached hydrogens (tertiary/aromatic N) is 6. The van der Waals surface area contributed by atoms with Crippen molar-refractivity contribution in [3.05, 3.63) is 42.2 Å². The fraction of sp³-hybridized carbons (Fsp3) is 0.500. The molecular formula is C22H33N7O2. The molecule has 1 saturated heterocycles. The fourth-order valence-electron chi connectivity index (χ4n) is 3.37. The molecule has 1 amide bonds. The van der Waals surface area contributed by atoms with Gasteiger partial charge >= 0.3 is 0 Å². The van der Waals surface area contributed by atoms with Crippen LogP contribution in [-0.4, -0.2) is 84.9 Å². The number of benzene rings is 1. The lowest BCUT2D eigenvalue weighted by atomic mass is 10.2. The zero-order valence-electron chi connectivity index (χ0n) is 18.9. The number of amides is 1. The number of anilines is 1. The van der Waals surface area contributed by atoms with E-state index in [1.54, 1.807) is 15.8 Å². The first kappa shape index (κ1) is 22.6. The Balaban J connectivity index is 1.66. The van der Waals surface area contributed by atoms with Gasteiger partial charge in [-0.15, -0.1) is 0 Å². The Morgan fingerprint density at radius 3 is 2.77 bits per heavy atom. The van der Waals surface area contributed by atoms with Crippen LogP contribution in [0.5, 0.6) is 5.75 Å². The zero-order valence-corrected chi connectivity index (χ0v) is 18.9. The van der Waals surface area contributed by atoms with E-state index in [0.29, 0.717) is 26.2 Å². The van der Waals surface area contributed by atoms with E-state index in [-0.39, 0.29) is 12.5 Å². The molecule has 9 nitrogen and oxygen atoms in total. The van der Waals surface area contributed by atoms with Crippen molar-refractivity contribution in [2.24, 2.45) is 12.0 Å². The van der Waals surface area contributed by atoms with Gasteiger partial charge in [-0.3, -0.25) is 9.48 Å². The number of hydrogen-bond donors (Lipinski definition) is 1. The first-order chi connectivity index (χ1) is 15.0. The maximum Gasteiger partial charge on any atom is 0.246 e. The van der Waals surface area contributed by atoms with Crippen LogP contribution >= 0.6 is 0 Å². The number of para-hydroxylation sites is 1. The monoisotopic (exact) mass is 427 g/mol. The summed E-state index contributed by atoms with van der Waals surface area (Å²) in [5.41, 5.74) is 1.86. The highest BCUT2D eigenvalue weighted by Crippen LogP contribution is 2.20. The smallest absolute Gasteiger partial charge is 0.246 e. The van der Waals surface area contributed by atoms with Crippen molar-refractivity contribution in [3.8, 4) is 5.75 Å². The van der Waals surface area contributed by atoms with Gasteiger partial charge in [-0.05, 0) is 27.1 Å². The van der Waals surface area contributed by atoms with Gasteiger partial charge in [-0.1, -0.05) is 18.2 Å². The van der Waals surface area contributed by atoms with E-state index in [2.05, 4.69) is 15.3 Å². The first-order valence-electron chi connectivity index (χ1n) is 10.7. The fourth-order valence-corrected chi connectivity index (χ4v) is 3.37. The third-order valence-electron chi connectivity index (χ3n) is 5.03. The van der Waals surface area contributed by atoms with Gasteiger partial charge in [0.1, 0.15) is 18.9 Å². The highest BCUT2D eigenvalue weighted by molar-refractivity contribution is 5.98. The highest BCUT2D eigenvalue weighted by Gasteiger charge is 2.27. The molecule has 0 radical (unpaired) electrons. The second-order valence-electron chi connectivity index (χ2n) is 7.77. The van der Waals surface area contributed by atoms with Crippen LogP contribution in [0.4, 0.5) is 5.69 Å². The van der Waals surface area contributed by atoms with Crippen molar-refractivity contribution in [1.29, 1.82) is 0 Å². The quantitative estimate of drug-likeness (QED) is 0.504. The summed E-state index contributed by atoms with van der Waals surface area (Å²) < 4.78 is 7.66. The van der Waals surface area contributed by atoms with Crippen molar-refractivity contribution in [1.82, 2.24) is 24.9 Å². The summed E-state index contributed by atoms with van der Waals surface area (Å²) in [6, 6.07) is 7.97. The average Bonchev–Trinajstić information content (AvgIpc) is 3.17. The van der Waals surface area contributed by atoms with Gasteiger partial charge in [0.15, 0.2) is 5.96 Å². The molecule has 1 aliphatic rings. The highest BCUT2D eigenvalue weighted by atomic mass is 16.5. The molecule has 0 unspecified atom stereocenters. The number of ether oxygens (including phenoxy) is 1. The predicted molar refractivity (Wildman–Crippen MR) is 122 cm³/mol. The summed E-state index contributed by atoms with van der Waals surface area (Å²) in [6.07, 6.45) is 3.58. The second-order valence-corrected chi connectivity index (χ2v) is 7.77. The lowest BCUT2D eigenvalue weighted by Crippen LogP contribution is -2.55. The summed E-state index contributed by atoms with van der Waals surface area (Å²) in [7, 11) is 5.90. The van der Waals surface area contributed by atoms with Gasteiger partial charge in [-0.25, -0.2) is 4.99 Å². The summed E-state index contributed by atoms with van der Waals surface area (Å²) >= 11 is 0. The molecule has 1 aromatic carbocycles. The van der Waals surface area contributed by atoms with Gasteiger partial charge < -0.3 is 24.8 Å². The maximum atomic E-state index is 12.8. The third kappa shape index (κ3) is 6.21. The Morgan fingerprint density at radius 1 is 1.29 bits per heavy atom. The molecule has 1 fully saturated rings. The molecule has 3 rings (SSSR count). The number of aryl methyl sites for hydroxylation is 1. The Hall–Kier alpha value is -3.07. The van der Waals surface area contributed by atoms with Crippen LogP contribution in [0.2, 0.25) is 0 Å². The maximum absolute atomic E-state index is 12.8. The van der Waals surface area contributed by atoms with E-state index in [1.165, 1.54) is 0 Å². The van der Waals surface area contributed by atoms with Crippen molar-refractivity contribution < 1.29 is 9.53 Å². The minimum Gasteiger partial charge on any atom is -0.492 e. The Labute approximate surface area is 184 Å². The average molecular weight is 428 g/mol. The van der Waals surface area contributed by atoms with Crippen molar-refractivity contribution >= 4 is 17.6 Å². The van der Waals surface area contributed by atoms with Gasteiger partial charge in [0.05, 0.1) is 18.4 Å². The van der Waals surface area contributed by atoms with E-state index < -0.39 is 0 Å². The number of likely N-dealkylation sites (N-methyl/N-ethyl adjacent to an activating group) is 1. The molecule has 2 heterocycles. The number of rotatable bonds is 8. The number of nitrogens with one attached hydrogen (secondary N) is 1. The van der Waals surface area contributed by atoms with Crippen LogP contribution in [0.25, 0.3) is 0 Å². The summed E-state index contributed by atoms with van der Waals surface area (Å²) in [5.74, 6) is 1.63. The molecule has 0 atom stereocenters. The van der Waals surface area contributed by atoms with Crippen molar-refractivity contribution in [3.63, 3.8) is 0 Å². The van der Waals surface area contributed by atoms with Crippen molar-refractivity contribution in [2.45, 2.75) is 13.5 Å². The molecule has 0 saturated carbocycles. The predicted octanol–water partition coefficient (Wildman–Crippen LogP) is 1.17. The standard InChI is InChI=1S/C22H33N7O2/c1-5-23-22(24-14-18-8-6-7-9-20(18)31-13-12-26(2)3)28-10-11-29(21(30)17-28)19-15-25-27(4)16-19/h6-9,15-16H,5,10-14,17H2,1-4H3,(H,23,24). The minimum absolute atomic E-state index is 0.0391. The van der Waals surface area contributed by atoms with E-state index in [4.69, 9.17) is 9.73 Å². The number of aromatic nitrogens is 2. The molecule has 0 bridgehead atoms. The van der Waals surface area contributed by atoms with Crippen LogP contribution in [0.1, 0.15) is 12.5 Å². The van der Waals surface area contributed by atoms with Crippen molar-refractivity contribution in [2.75, 3.05) is 58.3 Å².